The number of nitro benzene ring substituents is 1. The van der Waals surface area contributed by atoms with Crippen molar-refractivity contribution in [2.75, 3.05) is 29.5 Å². The van der Waals surface area contributed by atoms with Crippen LogP contribution in [0.15, 0.2) is 54.6 Å². The molecule has 0 unspecified atom stereocenters. The van der Waals surface area contributed by atoms with Crippen molar-refractivity contribution in [1.29, 1.82) is 0 Å². The van der Waals surface area contributed by atoms with Gasteiger partial charge in [-0.15, -0.1) is 0 Å². The molecule has 3 amide bonds. The number of carbonyl (C=O) groups is 3. The number of anilines is 2. The van der Waals surface area contributed by atoms with Crippen LogP contribution in [0.3, 0.4) is 0 Å². The molecule has 0 spiro atoms. The number of hydrogen-bond donors (Lipinski definition) is 2. The Bertz CT molecular complexity index is 1370. The van der Waals surface area contributed by atoms with Crippen molar-refractivity contribution >= 4 is 34.8 Å². The summed E-state index contributed by atoms with van der Waals surface area (Å²) in [4.78, 5) is 53.9. The zero-order valence-corrected chi connectivity index (χ0v) is 22.2. The summed E-state index contributed by atoms with van der Waals surface area (Å²) in [6.45, 7) is 2.91. The quantitative estimate of drug-likeness (QED) is 0.212. The normalized spacial score (nSPS) is 23.1. The largest absolute Gasteiger partial charge is 0.394 e. The molecule has 0 radical (unpaired) electrons. The highest BCUT2D eigenvalue weighted by molar-refractivity contribution is 6.07. The summed E-state index contributed by atoms with van der Waals surface area (Å²) in [7, 11) is 0. The minimum Gasteiger partial charge on any atom is -0.394 e. The molecule has 11 heteroatoms. The van der Waals surface area contributed by atoms with Crippen LogP contribution in [0.25, 0.3) is 0 Å². The number of benzene rings is 2. The van der Waals surface area contributed by atoms with E-state index in [0.717, 1.165) is 24.1 Å². The van der Waals surface area contributed by atoms with Gasteiger partial charge in [-0.25, -0.2) is 0 Å². The van der Waals surface area contributed by atoms with Gasteiger partial charge in [-0.1, -0.05) is 31.2 Å². The first-order valence-corrected chi connectivity index (χ1v) is 13.4. The predicted octanol–water partition coefficient (Wildman–Crippen LogP) is 2.63. The van der Waals surface area contributed by atoms with Gasteiger partial charge in [0.25, 0.3) is 11.6 Å². The molecule has 3 aliphatic heterocycles. The summed E-state index contributed by atoms with van der Waals surface area (Å²) in [6, 6.07) is 11.0. The van der Waals surface area contributed by atoms with E-state index in [0.29, 0.717) is 25.2 Å². The fourth-order valence-corrected chi connectivity index (χ4v) is 5.74. The zero-order valence-electron chi connectivity index (χ0n) is 22.2. The monoisotopic (exact) mass is 548 g/mol. The summed E-state index contributed by atoms with van der Waals surface area (Å²) in [5, 5.41) is 32.9. The van der Waals surface area contributed by atoms with Crippen molar-refractivity contribution in [3.05, 3.63) is 75.9 Å². The first-order chi connectivity index (χ1) is 19.1. The van der Waals surface area contributed by atoms with Crippen molar-refractivity contribution in [3.8, 4) is 0 Å². The van der Waals surface area contributed by atoms with Gasteiger partial charge in [0, 0.05) is 55.2 Å². The molecule has 2 N–H and O–H groups in total. The van der Waals surface area contributed by atoms with E-state index in [1.807, 2.05) is 12.1 Å². The van der Waals surface area contributed by atoms with Crippen LogP contribution in [0, 0.1) is 16.0 Å². The molecular formula is C29H32N4O7. The van der Waals surface area contributed by atoms with Crippen molar-refractivity contribution in [2.24, 2.45) is 5.92 Å². The van der Waals surface area contributed by atoms with Crippen LogP contribution < -0.4 is 9.80 Å². The molecule has 0 aliphatic carbocycles. The van der Waals surface area contributed by atoms with Crippen LogP contribution in [-0.2, 0) is 26.5 Å². The van der Waals surface area contributed by atoms with Gasteiger partial charge in [0.1, 0.15) is 0 Å². The van der Waals surface area contributed by atoms with Gasteiger partial charge in [-0.2, -0.15) is 0 Å². The van der Waals surface area contributed by atoms with Crippen molar-refractivity contribution in [2.45, 2.75) is 50.8 Å². The molecule has 2 aromatic carbocycles. The van der Waals surface area contributed by atoms with Crippen LogP contribution in [0.2, 0.25) is 0 Å². The maximum Gasteiger partial charge on any atom is 0.269 e. The fraction of sp³-hybridized carbons (Fsp3) is 0.414. The van der Waals surface area contributed by atoms with E-state index < -0.39 is 22.3 Å². The topological polar surface area (TPSA) is 145 Å². The Labute approximate surface area is 231 Å². The maximum atomic E-state index is 13.8. The van der Waals surface area contributed by atoms with E-state index in [9.17, 15) is 34.7 Å². The van der Waals surface area contributed by atoms with Gasteiger partial charge in [0.15, 0.2) is 5.60 Å². The van der Waals surface area contributed by atoms with Crippen LogP contribution >= 0.6 is 0 Å². The molecular weight excluding hydrogens is 516 g/mol. The van der Waals surface area contributed by atoms with E-state index in [4.69, 9.17) is 0 Å². The molecule has 3 heterocycles. The second-order valence-electron chi connectivity index (χ2n) is 10.6. The Kier molecular flexibility index (Phi) is 7.43. The number of fused-ring (bicyclic) bond motifs is 1. The second-order valence-corrected chi connectivity index (χ2v) is 10.6. The lowest BCUT2D eigenvalue weighted by Gasteiger charge is -2.31. The third-order valence-electron chi connectivity index (χ3n) is 8.19. The number of non-ortho nitro benzene ring substituents is 1. The SMILES string of the molecule is C[C@H](/C=C/CC(=O)N1CCC[C@H]1CO)[C@@]1(O)C(=O)N(Cc2ccc(N3CCC3=O)cc2)c2ccc([N+](=O)[O-])cc21. The summed E-state index contributed by atoms with van der Waals surface area (Å²) >= 11 is 0. The van der Waals surface area contributed by atoms with Crippen molar-refractivity contribution in [1.82, 2.24) is 4.90 Å². The number of hydrogen-bond acceptors (Lipinski definition) is 7. The van der Waals surface area contributed by atoms with Crippen LogP contribution in [0.1, 0.15) is 43.7 Å². The highest BCUT2D eigenvalue weighted by Crippen LogP contribution is 2.47. The number of carbonyl (C=O) groups excluding carboxylic acids is 3. The number of β-lactam (4-membered cyclic amide) rings is 1. The van der Waals surface area contributed by atoms with Crippen LogP contribution in [0.4, 0.5) is 17.1 Å². The number of rotatable bonds is 9. The number of aliphatic hydroxyl groups is 2. The molecule has 3 atom stereocenters. The molecule has 0 bridgehead atoms. The average Bonchev–Trinajstić information content (AvgIpc) is 3.51. The molecule has 11 nitrogen and oxygen atoms in total. The van der Waals surface area contributed by atoms with Crippen molar-refractivity contribution in [3.63, 3.8) is 0 Å². The number of likely N-dealkylation sites (tertiary alicyclic amines) is 1. The van der Waals surface area contributed by atoms with E-state index in [2.05, 4.69) is 0 Å². The van der Waals surface area contributed by atoms with Gasteiger partial charge >= 0.3 is 0 Å². The number of amides is 3. The third kappa shape index (κ3) is 4.75. The summed E-state index contributed by atoms with van der Waals surface area (Å²) < 4.78 is 0. The van der Waals surface area contributed by atoms with E-state index in [1.165, 1.54) is 23.1 Å². The van der Waals surface area contributed by atoms with Crippen LogP contribution in [-0.4, -0.2) is 63.5 Å². The maximum absolute atomic E-state index is 13.8. The first-order valence-electron chi connectivity index (χ1n) is 13.4. The summed E-state index contributed by atoms with van der Waals surface area (Å²) in [5.41, 5.74) is -0.279. The smallest absolute Gasteiger partial charge is 0.269 e. The van der Waals surface area contributed by atoms with E-state index >= 15 is 0 Å². The van der Waals surface area contributed by atoms with E-state index in [1.54, 1.807) is 41.0 Å². The summed E-state index contributed by atoms with van der Waals surface area (Å²) in [5.74, 6) is -1.51. The van der Waals surface area contributed by atoms with E-state index in [-0.39, 0.29) is 48.7 Å². The molecule has 5 rings (SSSR count). The Hall–Kier alpha value is -4.09. The molecule has 2 fully saturated rings. The Morgan fingerprint density at radius 2 is 1.95 bits per heavy atom. The third-order valence-corrected chi connectivity index (χ3v) is 8.19. The number of nitro groups is 1. The van der Waals surface area contributed by atoms with Crippen LogP contribution in [0.5, 0.6) is 0 Å². The Balaban J connectivity index is 1.38. The minimum atomic E-state index is -2.08. The molecule has 2 aromatic rings. The molecule has 2 saturated heterocycles. The van der Waals surface area contributed by atoms with Gasteiger partial charge in [-0.3, -0.25) is 24.5 Å². The molecule has 0 saturated carbocycles. The average molecular weight is 549 g/mol. The Morgan fingerprint density at radius 3 is 2.58 bits per heavy atom. The molecule has 210 valence electrons. The van der Waals surface area contributed by atoms with Crippen molar-refractivity contribution < 1.29 is 29.5 Å². The van der Waals surface area contributed by atoms with Gasteiger partial charge in [0.2, 0.25) is 11.8 Å². The lowest BCUT2D eigenvalue weighted by atomic mass is 9.82. The highest BCUT2D eigenvalue weighted by Gasteiger charge is 2.53. The predicted molar refractivity (Wildman–Crippen MR) is 146 cm³/mol. The number of aliphatic hydroxyl groups excluding tert-OH is 1. The van der Waals surface area contributed by atoms with Gasteiger partial charge < -0.3 is 24.9 Å². The highest BCUT2D eigenvalue weighted by atomic mass is 16.6. The zero-order chi connectivity index (χ0) is 28.6. The standard InChI is InChI=1S/C29H32N4O7/c1-19(4-2-6-26(35)30-14-3-5-23(30)18-34)29(38)24-16-22(33(39)40)11-12-25(24)32(28(29)37)17-20-7-9-21(10-8-20)31-15-13-27(31)36/h2,4,7-12,16,19,23,34,38H,3,5-6,13-15,17-18H2,1H3/b4-2+/t19-,23+,29+/m1/s1. The lowest BCUT2D eigenvalue weighted by Crippen LogP contribution is -2.44. The summed E-state index contributed by atoms with van der Waals surface area (Å²) in [6.07, 6.45) is 5.33. The second kappa shape index (κ2) is 10.8. The molecule has 3 aliphatic rings. The first kappa shape index (κ1) is 27.5. The minimum absolute atomic E-state index is 0.0441. The Morgan fingerprint density at radius 1 is 1.20 bits per heavy atom. The van der Waals surface area contributed by atoms with Gasteiger partial charge in [-0.05, 0) is 36.6 Å². The number of nitrogens with zero attached hydrogens (tertiary/aromatic N) is 4. The fourth-order valence-electron chi connectivity index (χ4n) is 5.74. The molecule has 0 aromatic heterocycles. The lowest BCUT2D eigenvalue weighted by molar-refractivity contribution is -0.385. The van der Waals surface area contributed by atoms with Gasteiger partial charge in [0.05, 0.1) is 29.8 Å². The molecule has 40 heavy (non-hydrogen) atoms.